The van der Waals surface area contributed by atoms with E-state index in [1.165, 1.54) is 0 Å². The van der Waals surface area contributed by atoms with Crippen molar-refractivity contribution in [2.75, 3.05) is 20.3 Å². The second-order valence-corrected chi connectivity index (χ2v) is 3.20. The Labute approximate surface area is 88.2 Å². The number of ether oxygens (including phenoxy) is 2. The van der Waals surface area contributed by atoms with E-state index < -0.39 is 0 Å². The molecule has 0 aromatic rings. The van der Waals surface area contributed by atoms with Crippen molar-refractivity contribution < 1.29 is 9.47 Å². The normalized spacial score (nSPS) is 28.1. The fourth-order valence-corrected chi connectivity index (χ4v) is 1.72. The van der Waals surface area contributed by atoms with Crippen LogP contribution in [-0.4, -0.2) is 38.5 Å². The molecule has 0 aromatic heterocycles. The SMILES string of the molecule is CC.CCO[C@H]1CCN[C@@H]1[C@H](C)OC. The molecule has 1 aliphatic heterocycles. The van der Waals surface area contributed by atoms with Crippen LogP contribution in [-0.2, 0) is 9.47 Å². The van der Waals surface area contributed by atoms with Gasteiger partial charge in [-0.25, -0.2) is 0 Å². The highest BCUT2D eigenvalue weighted by Crippen LogP contribution is 2.15. The van der Waals surface area contributed by atoms with Gasteiger partial charge >= 0.3 is 0 Å². The maximum absolute atomic E-state index is 5.60. The molecule has 0 radical (unpaired) electrons. The second-order valence-electron chi connectivity index (χ2n) is 3.20. The first-order chi connectivity index (χ1) is 6.79. The molecule has 0 unspecified atom stereocenters. The minimum atomic E-state index is 0.240. The summed E-state index contributed by atoms with van der Waals surface area (Å²) in [5, 5.41) is 3.39. The van der Waals surface area contributed by atoms with E-state index in [2.05, 4.69) is 12.2 Å². The molecule has 1 fully saturated rings. The van der Waals surface area contributed by atoms with Gasteiger partial charge in [0.05, 0.1) is 18.2 Å². The molecule has 0 aliphatic carbocycles. The summed E-state index contributed by atoms with van der Waals surface area (Å²) in [5.74, 6) is 0. The predicted octanol–water partition coefficient (Wildman–Crippen LogP) is 1.81. The summed E-state index contributed by atoms with van der Waals surface area (Å²) >= 11 is 0. The van der Waals surface area contributed by atoms with Gasteiger partial charge in [0.1, 0.15) is 0 Å². The lowest BCUT2D eigenvalue weighted by atomic mass is 10.1. The Hall–Kier alpha value is -0.120. The molecule has 0 aromatic carbocycles. The average Bonchev–Trinajstić information content (AvgIpc) is 2.69. The van der Waals surface area contributed by atoms with Crippen molar-refractivity contribution in [1.82, 2.24) is 5.32 Å². The van der Waals surface area contributed by atoms with Crippen LogP contribution in [0.3, 0.4) is 0 Å². The van der Waals surface area contributed by atoms with Crippen LogP contribution in [0, 0.1) is 0 Å². The van der Waals surface area contributed by atoms with E-state index in [-0.39, 0.29) is 6.10 Å². The van der Waals surface area contributed by atoms with Gasteiger partial charge < -0.3 is 14.8 Å². The molecular formula is C11H25NO2. The van der Waals surface area contributed by atoms with Crippen molar-refractivity contribution in [1.29, 1.82) is 0 Å². The fraction of sp³-hybridized carbons (Fsp3) is 1.00. The first kappa shape index (κ1) is 13.9. The van der Waals surface area contributed by atoms with E-state index in [0.717, 1.165) is 19.6 Å². The third-order valence-corrected chi connectivity index (χ3v) is 2.47. The minimum Gasteiger partial charge on any atom is -0.380 e. The monoisotopic (exact) mass is 203 g/mol. The minimum absolute atomic E-state index is 0.240. The van der Waals surface area contributed by atoms with Crippen LogP contribution in [0.2, 0.25) is 0 Å². The van der Waals surface area contributed by atoms with Gasteiger partial charge in [0.25, 0.3) is 0 Å². The van der Waals surface area contributed by atoms with Crippen molar-refractivity contribution >= 4 is 0 Å². The molecule has 3 nitrogen and oxygen atoms in total. The van der Waals surface area contributed by atoms with Gasteiger partial charge in [-0.05, 0) is 26.8 Å². The van der Waals surface area contributed by atoms with Crippen LogP contribution in [0.25, 0.3) is 0 Å². The Morgan fingerprint density at radius 2 is 2.07 bits per heavy atom. The average molecular weight is 203 g/mol. The summed E-state index contributed by atoms with van der Waals surface area (Å²) in [6, 6.07) is 0.370. The molecule has 0 spiro atoms. The van der Waals surface area contributed by atoms with Crippen LogP contribution in [0.15, 0.2) is 0 Å². The zero-order valence-corrected chi connectivity index (χ0v) is 10.2. The zero-order valence-electron chi connectivity index (χ0n) is 10.2. The molecule has 1 rings (SSSR count). The van der Waals surface area contributed by atoms with Gasteiger partial charge in [-0.15, -0.1) is 0 Å². The quantitative estimate of drug-likeness (QED) is 0.756. The molecule has 1 heterocycles. The van der Waals surface area contributed by atoms with Crippen molar-refractivity contribution in [2.24, 2.45) is 0 Å². The number of hydrogen-bond donors (Lipinski definition) is 1. The maximum atomic E-state index is 5.60. The fourth-order valence-electron chi connectivity index (χ4n) is 1.72. The van der Waals surface area contributed by atoms with Crippen LogP contribution < -0.4 is 5.32 Å². The van der Waals surface area contributed by atoms with Gasteiger partial charge in [0.15, 0.2) is 0 Å². The lowest BCUT2D eigenvalue weighted by Crippen LogP contribution is -2.42. The lowest BCUT2D eigenvalue weighted by molar-refractivity contribution is 0.0000107. The third kappa shape index (κ3) is 3.95. The van der Waals surface area contributed by atoms with E-state index in [4.69, 9.17) is 9.47 Å². The molecule has 1 N–H and O–H groups in total. The molecule has 1 aliphatic rings. The van der Waals surface area contributed by atoms with Crippen LogP contribution in [0.5, 0.6) is 0 Å². The van der Waals surface area contributed by atoms with Crippen molar-refractivity contribution in [3.63, 3.8) is 0 Å². The Morgan fingerprint density at radius 3 is 2.57 bits per heavy atom. The van der Waals surface area contributed by atoms with E-state index in [0.29, 0.717) is 12.1 Å². The molecule has 1 saturated heterocycles. The topological polar surface area (TPSA) is 30.5 Å². The highest BCUT2D eigenvalue weighted by atomic mass is 16.5. The summed E-state index contributed by atoms with van der Waals surface area (Å²) in [4.78, 5) is 0. The number of rotatable bonds is 4. The molecular weight excluding hydrogens is 178 g/mol. The maximum Gasteiger partial charge on any atom is 0.0765 e. The molecule has 0 amide bonds. The summed E-state index contributed by atoms with van der Waals surface area (Å²) < 4.78 is 10.9. The Morgan fingerprint density at radius 1 is 1.43 bits per heavy atom. The van der Waals surface area contributed by atoms with Gasteiger partial charge in [0.2, 0.25) is 0 Å². The molecule has 0 bridgehead atoms. The summed E-state index contributed by atoms with van der Waals surface area (Å²) in [7, 11) is 1.74. The Balaban J connectivity index is 0.000000791. The largest absolute Gasteiger partial charge is 0.380 e. The molecule has 3 heteroatoms. The van der Waals surface area contributed by atoms with E-state index in [1.54, 1.807) is 7.11 Å². The van der Waals surface area contributed by atoms with E-state index in [1.807, 2.05) is 20.8 Å². The molecule has 3 atom stereocenters. The summed E-state index contributed by atoms with van der Waals surface area (Å²) in [6.07, 6.45) is 1.68. The van der Waals surface area contributed by atoms with Crippen molar-refractivity contribution in [3.8, 4) is 0 Å². The zero-order chi connectivity index (χ0) is 11.0. The van der Waals surface area contributed by atoms with Gasteiger partial charge in [-0.1, -0.05) is 13.8 Å². The third-order valence-electron chi connectivity index (χ3n) is 2.47. The van der Waals surface area contributed by atoms with Crippen LogP contribution in [0.1, 0.15) is 34.1 Å². The Bertz CT molecular complexity index is 130. The molecule has 14 heavy (non-hydrogen) atoms. The first-order valence-corrected chi connectivity index (χ1v) is 5.67. The van der Waals surface area contributed by atoms with Gasteiger partial charge in [-0.3, -0.25) is 0 Å². The predicted molar refractivity (Wildman–Crippen MR) is 59.6 cm³/mol. The van der Waals surface area contributed by atoms with Gasteiger partial charge in [0, 0.05) is 13.7 Å². The Kier molecular flexibility index (Phi) is 8.14. The summed E-state index contributed by atoms with van der Waals surface area (Å²) in [5.41, 5.74) is 0. The van der Waals surface area contributed by atoms with Crippen molar-refractivity contribution in [2.45, 2.75) is 52.4 Å². The van der Waals surface area contributed by atoms with Crippen LogP contribution in [0.4, 0.5) is 0 Å². The van der Waals surface area contributed by atoms with Crippen molar-refractivity contribution in [3.05, 3.63) is 0 Å². The van der Waals surface area contributed by atoms with E-state index >= 15 is 0 Å². The number of hydrogen-bond acceptors (Lipinski definition) is 3. The van der Waals surface area contributed by atoms with Crippen LogP contribution >= 0.6 is 0 Å². The highest BCUT2D eigenvalue weighted by Gasteiger charge is 2.31. The number of methoxy groups -OCH3 is 1. The van der Waals surface area contributed by atoms with E-state index in [9.17, 15) is 0 Å². The standard InChI is InChI=1S/C9H19NO2.C2H6/c1-4-12-8-5-6-10-9(8)7(2)11-3;1-2/h7-10H,4-6H2,1-3H3;1-2H3/t7-,8-,9+;/m0./s1. The lowest BCUT2D eigenvalue weighted by Gasteiger charge is -2.24. The number of nitrogens with one attached hydrogen (secondary N) is 1. The summed E-state index contributed by atoms with van der Waals surface area (Å²) in [6.45, 7) is 9.95. The first-order valence-electron chi connectivity index (χ1n) is 5.67. The molecule has 0 saturated carbocycles. The van der Waals surface area contributed by atoms with Gasteiger partial charge in [-0.2, -0.15) is 0 Å². The highest BCUT2D eigenvalue weighted by molar-refractivity contribution is 4.88. The smallest absolute Gasteiger partial charge is 0.0765 e. The second kappa shape index (κ2) is 8.21. The molecule has 86 valence electrons.